The molecule has 1 unspecified atom stereocenters. The van der Waals surface area contributed by atoms with E-state index >= 15 is 0 Å². The second-order valence-corrected chi connectivity index (χ2v) is 6.71. The van der Waals surface area contributed by atoms with Crippen molar-refractivity contribution in [1.82, 2.24) is 14.5 Å². The molecule has 1 aliphatic rings. The minimum Gasteiger partial charge on any atom is -0.345 e. The van der Waals surface area contributed by atoms with Crippen LogP contribution in [-0.2, 0) is 11.3 Å². The van der Waals surface area contributed by atoms with E-state index in [2.05, 4.69) is 41.8 Å². The lowest BCUT2D eigenvalue weighted by Gasteiger charge is -2.14. The van der Waals surface area contributed by atoms with Gasteiger partial charge in [-0.25, -0.2) is 4.98 Å². The van der Waals surface area contributed by atoms with Gasteiger partial charge in [-0.2, -0.15) is 0 Å². The highest BCUT2D eigenvalue weighted by molar-refractivity contribution is 5.80. The third-order valence-electron chi connectivity index (χ3n) is 4.81. The van der Waals surface area contributed by atoms with E-state index < -0.39 is 0 Å². The Morgan fingerprint density at radius 1 is 1.17 bits per heavy atom. The third-order valence-corrected chi connectivity index (χ3v) is 4.81. The summed E-state index contributed by atoms with van der Waals surface area (Å²) in [7, 11) is 1.87. The number of likely N-dealkylation sites (tertiary alicyclic amines) is 1. The number of hydrogen-bond acceptors (Lipinski definition) is 2. The van der Waals surface area contributed by atoms with Crippen LogP contribution in [0.25, 0.3) is 11.0 Å². The van der Waals surface area contributed by atoms with Crippen LogP contribution in [0.15, 0.2) is 48.5 Å². The molecule has 4 nitrogen and oxygen atoms in total. The Morgan fingerprint density at radius 3 is 2.75 bits per heavy atom. The minimum atomic E-state index is 0.166. The average Bonchev–Trinajstić information content (AvgIpc) is 3.09. The maximum Gasteiger partial charge on any atom is 0.223 e. The van der Waals surface area contributed by atoms with Gasteiger partial charge in [0.05, 0.1) is 11.0 Å². The maximum atomic E-state index is 12.0. The lowest BCUT2D eigenvalue weighted by atomic mass is 10.1. The Bertz CT molecular complexity index is 912. The van der Waals surface area contributed by atoms with Crippen LogP contribution in [-0.4, -0.2) is 34.0 Å². The summed E-state index contributed by atoms with van der Waals surface area (Å²) in [4.78, 5) is 18.6. The summed E-state index contributed by atoms with van der Waals surface area (Å²) in [5, 5.41) is 0. The Morgan fingerprint density at radius 2 is 2.00 bits per heavy atom. The molecule has 0 bridgehead atoms. The van der Waals surface area contributed by atoms with E-state index in [1.165, 1.54) is 11.1 Å². The number of carbonyl (C=O) groups is 1. The van der Waals surface area contributed by atoms with Crippen molar-refractivity contribution >= 4 is 16.9 Å². The predicted octanol–water partition coefficient (Wildman–Crippen LogP) is 3.34. The van der Waals surface area contributed by atoms with Crippen molar-refractivity contribution in [2.75, 3.05) is 13.6 Å². The van der Waals surface area contributed by atoms with Crippen molar-refractivity contribution in [3.05, 3.63) is 65.5 Å². The quantitative estimate of drug-likeness (QED) is 0.742. The van der Waals surface area contributed by atoms with Gasteiger partial charge >= 0.3 is 0 Å². The van der Waals surface area contributed by atoms with Gasteiger partial charge in [-0.05, 0) is 24.6 Å². The molecule has 0 radical (unpaired) electrons. The summed E-state index contributed by atoms with van der Waals surface area (Å²) in [6.07, 6.45) is 0.549. The fraction of sp³-hybridized carbons (Fsp3) is 0.300. The molecule has 0 spiro atoms. The number of imidazole rings is 1. The van der Waals surface area contributed by atoms with Gasteiger partial charge in [0.15, 0.2) is 0 Å². The largest absolute Gasteiger partial charge is 0.345 e. The molecular formula is C20H21N3O. The van der Waals surface area contributed by atoms with E-state index in [1.807, 2.05) is 25.2 Å². The highest BCUT2D eigenvalue weighted by Gasteiger charge is 2.31. The lowest BCUT2D eigenvalue weighted by Crippen LogP contribution is -2.19. The molecule has 1 saturated heterocycles. The monoisotopic (exact) mass is 319 g/mol. The van der Waals surface area contributed by atoms with Crippen molar-refractivity contribution in [2.45, 2.75) is 25.8 Å². The first-order chi connectivity index (χ1) is 11.6. The zero-order valence-electron chi connectivity index (χ0n) is 14.1. The third kappa shape index (κ3) is 2.58. The lowest BCUT2D eigenvalue weighted by molar-refractivity contribution is -0.126. The molecule has 1 amide bonds. The molecule has 1 atom stereocenters. The number of para-hydroxylation sites is 2. The summed E-state index contributed by atoms with van der Waals surface area (Å²) < 4.78 is 2.28. The van der Waals surface area contributed by atoms with Gasteiger partial charge in [0.2, 0.25) is 5.91 Å². The predicted molar refractivity (Wildman–Crippen MR) is 95.0 cm³/mol. The second-order valence-electron chi connectivity index (χ2n) is 6.71. The smallest absolute Gasteiger partial charge is 0.223 e. The van der Waals surface area contributed by atoms with Crippen LogP contribution in [0.1, 0.15) is 29.3 Å². The number of hydrogen-bond donors (Lipinski definition) is 0. The van der Waals surface area contributed by atoms with Crippen molar-refractivity contribution in [3.63, 3.8) is 0 Å². The molecule has 4 heteroatoms. The molecule has 122 valence electrons. The van der Waals surface area contributed by atoms with Gasteiger partial charge in [-0.1, -0.05) is 42.0 Å². The first kappa shape index (κ1) is 14.9. The van der Waals surface area contributed by atoms with E-state index in [1.54, 1.807) is 4.90 Å². The summed E-state index contributed by atoms with van der Waals surface area (Å²) in [5.74, 6) is 1.39. The van der Waals surface area contributed by atoms with Crippen LogP contribution in [0.4, 0.5) is 0 Å². The van der Waals surface area contributed by atoms with Crippen LogP contribution in [0, 0.1) is 6.92 Å². The molecule has 1 aromatic heterocycles. The molecule has 3 aromatic rings. The van der Waals surface area contributed by atoms with Gasteiger partial charge in [-0.3, -0.25) is 4.79 Å². The molecular weight excluding hydrogens is 298 g/mol. The van der Waals surface area contributed by atoms with E-state index in [4.69, 9.17) is 4.98 Å². The topological polar surface area (TPSA) is 38.1 Å². The van der Waals surface area contributed by atoms with E-state index in [0.29, 0.717) is 6.42 Å². The van der Waals surface area contributed by atoms with Gasteiger partial charge in [0.25, 0.3) is 0 Å². The number of fused-ring (bicyclic) bond motifs is 1. The van der Waals surface area contributed by atoms with Crippen molar-refractivity contribution in [2.24, 2.45) is 0 Å². The molecule has 0 aliphatic carbocycles. The SMILES string of the molecule is Cc1cccc(Cn2c(C3CC(=O)N(C)C3)nc3ccccc32)c1. The van der Waals surface area contributed by atoms with Crippen LogP contribution in [0.3, 0.4) is 0 Å². The fourth-order valence-corrected chi connectivity index (χ4v) is 3.60. The summed E-state index contributed by atoms with van der Waals surface area (Å²) in [6, 6.07) is 16.8. The average molecular weight is 319 g/mol. The van der Waals surface area contributed by atoms with Gasteiger partial charge in [0, 0.05) is 32.5 Å². The number of aromatic nitrogens is 2. The van der Waals surface area contributed by atoms with Crippen molar-refractivity contribution < 1.29 is 4.79 Å². The second kappa shape index (κ2) is 5.78. The summed E-state index contributed by atoms with van der Waals surface area (Å²) in [5.41, 5.74) is 4.66. The van der Waals surface area contributed by atoms with E-state index in [-0.39, 0.29) is 11.8 Å². The fourth-order valence-electron chi connectivity index (χ4n) is 3.60. The number of carbonyl (C=O) groups excluding carboxylic acids is 1. The number of amides is 1. The van der Waals surface area contributed by atoms with Crippen LogP contribution < -0.4 is 0 Å². The molecule has 2 heterocycles. The highest BCUT2D eigenvalue weighted by Crippen LogP contribution is 2.30. The molecule has 1 fully saturated rings. The first-order valence-electron chi connectivity index (χ1n) is 8.36. The highest BCUT2D eigenvalue weighted by atomic mass is 16.2. The van der Waals surface area contributed by atoms with E-state index in [0.717, 1.165) is 29.9 Å². The van der Waals surface area contributed by atoms with Crippen LogP contribution in [0.2, 0.25) is 0 Å². The Balaban J connectivity index is 1.80. The number of aryl methyl sites for hydroxylation is 1. The molecule has 24 heavy (non-hydrogen) atoms. The Kier molecular flexibility index (Phi) is 3.60. The molecule has 4 rings (SSSR count). The summed E-state index contributed by atoms with van der Waals surface area (Å²) in [6.45, 7) is 3.64. The number of rotatable bonds is 3. The number of likely N-dealkylation sites (N-methyl/N-ethyl adjacent to an activating group) is 1. The molecule has 0 saturated carbocycles. The van der Waals surface area contributed by atoms with Gasteiger partial charge in [-0.15, -0.1) is 0 Å². The zero-order chi connectivity index (χ0) is 16.7. The van der Waals surface area contributed by atoms with Gasteiger partial charge < -0.3 is 9.47 Å². The Hall–Kier alpha value is -2.62. The molecule has 2 aromatic carbocycles. The standard InChI is InChI=1S/C20H21N3O/c1-14-6-5-7-15(10-14)12-23-18-9-4-3-8-17(18)21-20(23)16-11-19(24)22(2)13-16/h3-10,16H,11-13H2,1-2H3. The normalized spacial score (nSPS) is 17.8. The summed E-state index contributed by atoms with van der Waals surface area (Å²) >= 11 is 0. The zero-order valence-corrected chi connectivity index (χ0v) is 14.1. The van der Waals surface area contributed by atoms with Crippen molar-refractivity contribution in [3.8, 4) is 0 Å². The number of nitrogens with zero attached hydrogens (tertiary/aromatic N) is 3. The van der Waals surface area contributed by atoms with Crippen molar-refractivity contribution in [1.29, 1.82) is 0 Å². The minimum absolute atomic E-state index is 0.166. The Labute approximate surface area is 141 Å². The number of benzene rings is 2. The van der Waals surface area contributed by atoms with E-state index in [9.17, 15) is 4.79 Å². The maximum absolute atomic E-state index is 12.0. The van der Waals surface area contributed by atoms with Gasteiger partial charge in [0.1, 0.15) is 5.82 Å². The molecule has 1 aliphatic heterocycles. The molecule has 0 N–H and O–H groups in total. The first-order valence-corrected chi connectivity index (χ1v) is 8.36. The van der Waals surface area contributed by atoms with Crippen LogP contribution >= 0.6 is 0 Å². The van der Waals surface area contributed by atoms with Crippen LogP contribution in [0.5, 0.6) is 0 Å².